The van der Waals surface area contributed by atoms with E-state index >= 15 is 0 Å². The van der Waals surface area contributed by atoms with E-state index in [1.807, 2.05) is 6.92 Å². The molecule has 0 aromatic rings. The molecular formula is C14H30N2O. The quantitative estimate of drug-likeness (QED) is 0.687. The molecule has 3 atom stereocenters. The summed E-state index contributed by atoms with van der Waals surface area (Å²) in [5, 5.41) is 6.38. The van der Waals surface area contributed by atoms with E-state index in [0.717, 1.165) is 19.3 Å². The molecule has 0 fully saturated rings. The number of carbonyl (C=O) groups excluding carboxylic acids is 1. The third-order valence-corrected chi connectivity index (χ3v) is 2.86. The number of hydrogen-bond acceptors (Lipinski definition) is 2. The zero-order valence-electron chi connectivity index (χ0n) is 12.3. The lowest BCUT2D eigenvalue weighted by molar-refractivity contribution is -0.123. The Hall–Kier alpha value is -0.570. The van der Waals surface area contributed by atoms with Gasteiger partial charge in [0.2, 0.25) is 5.91 Å². The molecule has 0 aliphatic heterocycles. The molecule has 0 radical (unpaired) electrons. The molecule has 0 heterocycles. The van der Waals surface area contributed by atoms with Crippen molar-refractivity contribution in [2.45, 2.75) is 78.9 Å². The molecule has 0 spiro atoms. The lowest BCUT2D eigenvalue weighted by Crippen LogP contribution is -2.48. The van der Waals surface area contributed by atoms with Crippen molar-refractivity contribution in [3.05, 3.63) is 0 Å². The van der Waals surface area contributed by atoms with Crippen molar-refractivity contribution >= 4 is 5.91 Å². The molecular weight excluding hydrogens is 212 g/mol. The van der Waals surface area contributed by atoms with Crippen molar-refractivity contribution in [3.63, 3.8) is 0 Å². The van der Waals surface area contributed by atoms with Gasteiger partial charge < -0.3 is 10.6 Å². The van der Waals surface area contributed by atoms with Gasteiger partial charge in [0.15, 0.2) is 0 Å². The van der Waals surface area contributed by atoms with Gasteiger partial charge in [0.05, 0.1) is 6.04 Å². The van der Waals surface area contributed by atoms with E-state index < -0.39 is 0 Å². The molecule has 102 valence electrons. The van der Waals surface area contributed by atoms with Crippen molar-refractivity contribution in [3.8, 4) is 0 Å². The van der Waals surface area contributed by atoms with Gasteiger partial charge in [-0.3, -0.25) is 4.79 Å². The predicted octanol–water partition coefficient (Wildman–Crippen LogP) is 2.70. The Morgan fingerprint density at radius 3 is 2.12 bits per heavy atom. The standard InChI is InChI=1S/C14H30N2O/c1-7-8-11(4)16-14(17)13(6)15-12(5)9-10(2)3/h10-13,15H,7-9H2,1-6H3,(H,16,17). The second-order valence-corrected chi connectivity index (χ2v) is 5.62. The molecule has 3 nitrogen and oxygen atoms in total. The summed E-state index contributed by atoms with van der Waals surface area (Å²) in [5.41, 5.74) is 0. The minimum Gasteiger partial charge on any atom is -0.352 e. The third kappa shape index (κ3) is 8.19. The molecule has 0 aliphatic rings. The summed E-state index contributed by atoms with van der Waals surface area (Å²) in [6.45, 7) is 12.7. The summed E-state index contributed by atoms with van der Waals surface area (Å²) in [7, 11) is 0. The molecule has 0 aliphatic carbocycles. The van der Waals surface area contributed by atoms with Gasteiger partial charge in [0.25, 0.3) is 0 Å². The van der Waals surface area contributed by atoms with Crippen LogP contribution >= 0.6 is 0 Å². The minimum atomic E-state index is -0.108. The van der Waals surface area contributed by atoms with Crippen molar-refractivity contribution in [2.75, 3.05) is 0 Å². The van der Waals surface area contributed by atoms with Crippen LogP contribution in [0.25, 0.3) is 0 Å². The van der Waals surface area contributed by atoms with Gasteiger partial charge in [-0.05, 0) is 39.5 Å². The average Bonchev–Trinajstić information content (AvgIpc) is 2.15. The lowest BCUT2D eigenvalue weighted by Gasteiger charge is -2.22. The average molecular weight is 242 g/mol. The molecule has 3 unspecified atom stereocenters. The number of amides is 1. The molecule has 1 amide bonds. The van der Waals surface area contributed by atoms with Crippen molar-refractivity contribution in [1.29, 1.82) is 0 Å². The Morgan fingerprint density at radius 1 is 1.06 bits per heavy atom. The van der Waals surface area contributed by atoms with Gasteiger partial charge in [-0.1, -0.05) is 27.2 Å². The van der Waals surface area contributed by atoms with Crippen LogP contribution in [-0.4, -0.2) is 24.0 Å². The maximum absolute atomic E-state index is 11.9. The molecule has 0 aromatic carbocycles. The molecule has 0 rings (SSSR count). The van der Waals surface area contributed by atoms with Gasteiger partial charge in [0, 0.05) is 12.1 Å². The van der Waals surface area contributed by atoms with Crippen LogP contribution < -0.4 is 10.6 Å². The smallest absolute Gasteiger partial charge is 0.237 e. The van der Waals surface area contributed by atoms with Crippen molar-refractivity contribution < 1.29 is 4.79 Å². The summed E-state index contributed by atoms with van der Waals surface area (Å²) >= 11 is 0. The van der Waals surface area contributed by atoms with Crippen LogP contribution in [0.4, 0.5) is 0 Å². The van der Waals surface area contributed by atoms with Gasteiger partial charge >= 0.3 is 0 Å². The second kappa shape index (κ2) is 8.51. The Morgan fingerprint density at radius 2 is 1.65 bits per heavy atom. The topological polar surface area (TPSA) is 41.1 Å². The van der Waals surface area contributed by atoms with Crippen LogP contribution in [0.15, 0.2) is 0 Å². The highest BCUT2D eigenvalue weighted by Gasteiger charge is 2.17. The molecule has 17 heavy (non-hydrogen) atoms. The van der Waals surface area contributed by atoms with Crippen LogP contribution in [0.3, 0.4) is 0 Å². The Balaban J connectivity index is 3.96. The first-order chi connectivity index (χ1) is 7.86. The molecule has 2 N–H and O–H groups in total. The summed E-state index contributed by atoms with van der Waals surface area (Å²) < 4.78 is 0. The first kappa shape index (κ1) is 16.4. The van der Waals surface area contributed by atoms with Gasteiger partial charge in [-0.2, -0.15) is 0 Å². The van der Waals surface area contributed by atoms with Gasteiger partial charge in [-0.15, -0.1) is 0 Å². The fourth-order valence-corrected chi connectivity index (χ4v) is 2.15. The van der Waals surface area contributed by atoms with Crippen molar-refractivity contribution in [1.82, 2.24) is 10.6 Å². The minimum absolute atomic E-state index is 0.108. The van der Waals surface area contributed by atoms with E-state index in [2.05, 4.69) is 45.3 Å². The predicted molar refractivity (Wildman–Crippen MR) is 74.0 cm³/mol. The van der Waals surface area contributed by atoms with Crippen LogP contribution in [0.1, 0.15) is 60.8 Å². The summed E-state index contributed by atoms with van der Waals surface area (Å²) in [6.07, 6.45) is 3.25. The molecule has 3 heteroatoms. The fraction of sp³-hybridized carbons (Fsp3) is 0.929. The second-order valence-electron chi connectivity index (χ2n) is 5.62. The van der Waals surface area contributed by atoms with E-state index in [-0.39, 0.29) is 18.0 Å². The lowest BCUT2D eigenvalue weighted by atomic mass is 10.0. The molecule has 0 aromatic heterocycles. The summed E-state index contributed by atoms with van der Waals surface area (Å²) in [4.78, 5) is 11.9. The summed E-state index contributed by atoms with van der Waals surface area (Å²) in [5.74, 6) is 0.772. The van der Waals surface area contributed by atoms with Crippen LogP contribution in [-0.2, 0) is 4.79 Å². The molecule has 0 saturated carbocycles. The van der Waals surface area contributed by atoms with Crippen molar-refractivity contribution in [2.24, 2.45) is 5.92 Å². The van der Waals surface area contributed by atoms with Gasteiger partial charge in [-0.25, -0.2) is 0 Å². The highest BCUT2D eigenvalue weighted by atomic mass is 16.2. The Kier molecular flexibility index (Phi) is 8.23. The maximum Gasteiger partial charge on any atom is 0.237 e. The van der Waals surface area contributed by atoms with E-state index in [4.69, 9.17) is 0 Å². The van der Waals surface area contributed by atoms with E-state index in [0.29, 0.717) is 12.0 Å². The van der Waals surface area contributed by atoms with E-state index in [1.165, 1.54) is 0 Å². The Labute approximate surface area is 107 Å². The molecule has 0 bridgehead atoms. The van der Waals surface area contributed by atoms with E-state index in [9.17, 15) is 4.79 Å². The number of rotatable bonds is 8. The Bertz CT molecular complexity index is 216. The molecule has 0 saturated heterocycles. The summed E-state index contributed by atoms with van der Waals surface area (Å²) in [6, 6.07) is 0.553. The first-order valence-corrected chi connectivity index (χ1v) is 6.93. The fourth-order valence-electron chi connectivity index (χ4n) is 2.15. The zero-order chi connectivity index (χ0) is 13.4. The van der Waals surface area contributed by atoms with E-state index in [1.54, 1.807) is 0 Å². The highest BCUT2D eigenvalue weighted by Crippen LogP contribution is 2.05. The maximum atomic E-state index is 11.9. The zero-order valence-corrected chi connectivity index (χ0v) is 12.3. The SMILES string of the molecule is CCCC(C)NC(=O)C(C)NC(C)CC(C)C. The van der Waals surface area contributed by atoms with Crippen LogP contribution in [0.5, 0.6) is 0 Å². The number of carbonyl (C=O) groups is 1. The number of nitrogens with one attached hydrogen (secondary N) is 2. The number of hydrogen-bond donors (Lipinski definition) is 2. The van der Waals surface area contributed by atoms with Crippen LogP contribution in [0, 0.1) is 5.92 Å². The first-order valence-electron chi connectivity index (χ1n) is 6.93. The van der Waals surface area contributed by atoms with Crippen LogP contribution in [0.2, 0.25) is 0 Å². The normalized spacial score (nSPS) is 16.6. The monoisotopic (exact) mass is 242 g/mol. The highest BCUT2D eigenvalue weighted by molar-refractivity contribution is 5.81. The largest absolute Gasteiger partial charge is 0.352 e. The van der Waals surface area contributed by atoms with Gasteiger partial charge in [0.1, 0.15) is 0 Å². The third-order valence-electron chi connectivity index (χ3n) is 2.86.